The Morgan fingerprint density at radius 2 is 2.27 bits per heavy atom. The van der Waals surface area contributed by atoms with Crippen molar-refractivity contribution in [1.29, 1.82) is 0 Å². The van der Waals surface area contributed by atoms with Crippen molar-refractivity contribution in [1.82, 2.24) is 0 Å². The highest BCUT2D eigenvalue weighted by Gasteiger charge is 2.32. The molecule has 66 valence electrons. The first kappa shape index (κ1) is 8.93. The SMILES string of the molecule is C[C@@H]1OC(CO)C(O)CC1N. The molecule has 1 fully saturated rings. The van der Waals surface area contributed by atoms with Gasteiger partial charge in [0.2, 0.25) is 0 Å². The van der Waals surface area contributed by atoms with Crippen LogP contribution in [0.25, 0.3) is 0 Å². The summed E-state index contributed by atoms with van der Waals surface area (Å²) in [5.74, 6) is 0. The van der Waals surface area contributed by atoms with E-state index < -0.39 is 12.2 Å². The Labute approximate surface area is 66.0 Å². The van der Waals surface area contributed by atoms with Crippen molar-refractivity contribution in [2.24, 2.45) is 5.73 Å². The first-order valence-electron chi connectivity index (χ1n) is 3.85. The summed E-state index contributed by atoms with van der Waals surface area (Å²) in [5, 5.41) is 18.0. The van der Waals surface area contributed by atoms with Gasteiger partial charge in [0.1, 0.15) is 6.10 Å². The molecule has 3 unspecified atom stereocenters. The molecule has 1 saturated heterocycles. The number of aliphatic hydroxyl groups excluding tert-OH is 2. The van der Waals surface area contributed by atoms with Gasteiger partial charge in [0.15, 0.2) is 0 Å². The van der Waals surface area contributed by atoms with E-state index in [0.29, 0.717) is 6.42 Å². The second-order valence-electron chi connectivity index (χ2n) is 3.03. The fourth-order valence-electron chi connectivity index (χ4n) is 1.25. The third-order valence-corrected chi connectivity index (χ3v) is 2.12. The zero-order valence-electron chi connectivity index (χ0n) is 6.60. The van der Waals surface area contributed by atoms with Crippen molar-refractivity contribution >= 4 is 0 Å². The number of ether oxygens (including phenoxy) is 1. The van der Waals surface area contributed by atoms with Crippen LogP contribution in [0.5, 0.6) is 0 Å². The van der Waals surface area contributed by atoms with E-state index in [-0.39, 0.29) is 18.8 Å². The fourth-order valence-corrected chi connectivity index (χ4v) is 1.25. The number of nitrogens with two attached hydrogens (primary N) is 1. The van der Waals surface area contributed by atoms with Gasteiger partial charge in [0.25, 0.3) is 0 Å². The second kappa shape index (κ2) is 3.49. The van der Waals surface area contributed by atoms with Crippen molar-refractivity contribution in [3.8, 4) is 0 Å². The number of rotatable bonds is 1. The predicted octanol–water partition coefficient (Wildman–Crippen LogP) is -1.16. The molecule has 0 spiro atoms. The van der Waals surface area contributed by atoms with Gasteiger partial charge >= 0.3 is 0 Å². The third-order valence-electron chi connectivity index (χ3n) is 2.12. The number of hydrogen-bond donors (Lipinski definition) is 3. The van der Waals surface area contributed by atoms with Crippen molar-refractivity contribution in [3.05, 3.63) is 0 Å². The van der Waals surface area contributed by atoms with Gasteiger partial charge in [-0.3, -0.25) is 0 Å². The van der Waals surface area contributed by atoms with Crippen LogP contribution in [0, 0.1) is 0 Å². The molecule has 0 aliphatic carbocycles. The van der Waals surface area contributed by atoms with Crippen LogP contribution in [0.1, 0.15) is 13.3 Å². The normalized spacial score (nSPS) is 45.8. The monoisotopic (exact) mass is 161 g/mol. The smallest absolute Gasteiger partial charge is 0.107 e. The summed E-state index contributed by atoms with van der Waals surface area (Å²) in [6.45, 7) is 1.71. The molecular weight excluding hydrogens is 146 g/mol. The van der Waals surface area contributed by atoms with Crippen LogP contribution in [-0.4, -0.2) is 41.2 Å². The molecule has 4 N–H and O–H groups in total. The van der Waals surface area contributed by atoms with E-state index in [2.05, 4.69) is 0 Å². The Morgan fingerprint density at radius 3 is 2.82 bits per heavy atom. The van der Waals surface area contributed by atoms with E-state index >= 15 is 0 Å². The van der Waals surface area contributed by atoms with Crippen LogP contribution in [0.15, 0.2) is 0 Å². The van der Waals surface area contributed by atoms with Gasteiger partial charge < -0.3 is 20.7 Å². The largest absolute Gasteiger partial charge is 0.394 e. The summed E-state index contributed by atoms with van der Waals surface area (Å²) >= 11 is 0. The first-order valence-corrected chi connectivity index (χ1v) is 3.85. The maximum absolute atomic E-state index is 9.29. The lowest BCUT2D eigenvalue weighted by atomic mass is 9.98. The summed E-state index contributed by atoms with van der Waals surface area (Å²) in [5.41, 5.74) is 5.62. The van der Waals surface area contributed by atoms with Crippen LogP contribution in [-0.2, 0) is 4.74 Å². The second-order valence-corrected chi connectivity index (χ2v) is 3.03. The summed E-state index contributed by atoms with van der Waals surface area (Å²) in [6.07, 6.45) is -0.640. The Kier molecular flexibility index (Phi) is 2.84. The Morgan fingerprint density at radius 1 is 1.64 bits per heavy atom. The molecule has 0 saturated carbocycles. The lowest BCUT2D eigenvalue weighted by Crippen LogP contribution is -2.51. The molecule has 1 rings (SSSR count). The zero-order valence-corrected chi connectivity index (χ0v) is 6.60. The molecule has 1 aliphatic rings. The lowest BCUT2D eigenvalue weighted by molar-refractivity contribution is -0.135. The lowest BCUT2D eigenvalue weighted by Gasteiger charge is -2.35. The minimum atomic E-state index is -0.619. The molecule has 11 heavy (non-hydrogen) atoms. The van der Waals surface area contributed by atoms with Gasteiger partial charge in [-0.25, -0.2) is 0 Å². The van der Waals surface area contributed by atoms with Crippen molar-refractivity contribution in [3.63, 3.8) is 0 Å². The molecule has 0 radical (unpaired) electrons. The highest BCUT2D eigenvalue weighted by molar-refractivity contribution is 4.84. The molecule has 0 amide bonds. The van der Waals surface area contributed by atoms with Crippen molar-refractivity contribution < 1.29 is 14.9 Å². The standard InChI is InChI=1S/C7H15NO3/c1-4-5(8)2-6(10)7(3-9)11-4/h4-7,9-10H,2-3,8H2,1H3/t4-,5?,6?,7?/m0/s1. The van der Waals surface area contributed by atoms with Crippen LogP contribution in [0.2, 0.25) is 0 Å². The topological polar surface area (TPSA) is 75.7 Å². The van der Waals surface area contributed by atoms with Crippen LogP contribution in [0.4, 0.5) is 0 Å². The fraction of sp³-hybridized carbons (Fsp3) is 1.00. The van der Waals surface area contributed by atoms with E-state index in [1.807, 2.05) is 6.92 Å². The molecule has 0 aromatic heterocycles. The molecule has 1 heterocycles. The average molecular weight is 161 g/mol. The highest BCUT2D eigenvalue weighted by Crippen LogP contribution is 2.17. The van der Waals surface area contributed by atoms with Gasteiger partial charge in [0.05, 0.1) is 18.8 Å². The first-order chi connectivity index (χ1) is 5.15. The number of aliphatic hydroxyl groups is 2. The van der Waals surface area contributed by atoms with E-state index in [9.17, 15) is 5.11 Å². The van der Waals surface area contributed by atoms with Gasteiger partial charge in [0, 0.05) is 6.04 Å². The Bertz CT molecular complexity index is 131. The van der Waals surface area contributed by atoms with E-state index in [0.717, 1.165) is 0 Å². The molecule has 4 atom stereocenters. The zero-order chi connectivity index (χ0) is 8.43. The van der Waals surface area contributed by atoms with E-state index in [1.165, 1.54) is 0 Å². The van der Waals surface area contributed by atoms with Gasteiger partial charge in [-0.15, -0.1) is 0 Å². The summed E-state index contributed by atoms with van der Waals surface area (Å²) in [4.78, 5) is 0. The quantitative estimate of drug-likeness (QED) is 0.453. The minimum Gasteiger partial charge on any atom is -0.394 e. The van der Waals surface area contributed by atoms with Crippen molar-refractivity contribution in [2.75, 3.05) is 6.61 Å². The molecule has 0 aromatic rings. The van der Waals surface area contributed by atoms with Crippen LogP contribution < -0.4 is 5.73 Å². The van der Waals surface area contributed by atoms with Gasteiger partial charge in [-0.1, -0.05) is 0 Å². The maximum Gasteiger partial charge on any atom is 0.107 e. The molecule has 4 nitrogen and oxygen atoms in total. The molecule has 0 bridgehead atoms. The Balaban J connectivity index is 2.48. The summed E-state index contributed by atoms with van der Waals surface area (Å²) in [6, 6.07) is -0.118. The molecule has 0 aromatic carbocycles. The van der Waals surface area contributed by atoms with Crippen LogP contribution in [0.3, 0.4) is 0 Å². The molecular formula is C7H15NO3. The molecule has 1 aliphatic heterocycles. The van der Waals surface area contributed by atoms with Gasteiger partial charge in [-0.05, 0) is 13.3 Å². The highest BCUT2D eigenvalue weighted by atomic mass is 16.5. The van der Waals surface area contributed by atoms with E-state index in [1.54, 1.807) is 0 Å². The summed E-state index contributed by atoms with van der Waals surface area (Å²) < 4.78 is 5.23. The minimum absolute atomic E-state index is 0.0736. The van der Waals surface area contributed by atoms with Gasteiger partial charge in [-0.2, -0.15) is 0 Å². The molecule has 4 heteroatoms. The maximum atomic E-state index is 9.29. The Hall–Kier alpha value is -0.160. The predicted molar refractivity (Wildman–Crippen MR) is 40.0 cm³/mol. The third kappa shape index (κ3) is 1.90. The summed E-state index contributed by atoms with van der Waals surface area (Å²) in [7, 11) is 0. The van der Waals surface area contributed by atoms with Crippen molar-refractivity contribution in [2.45, 2.75) is 37.7 Å². The van der Waals surface area contributed by atoms with E-state index in [4.69, 9.17) is 15.6 Å². The van der Waals surface area contributed by atoms with Crippen LogP contribution >= 0.6 is 0 Å². The number of hydrogen-bond acceptors (Lipinski definition) is 4. The average Bonchev–Trinajstić information content (AvgIpc) is 1.97.